The molecule has 0 bridgehead atoms. The van der Waals surface area contributed by atoms with Gasteiger partial charge in [-0.05, 0) is 19.4 Å². The Morgan fingerprint density at radius 3 is 2.19 bits per heavy atom. The summed E-state index contributed by atoms with van der Waals surface area (Å²) in [4.78, 5) is 11.7. The van der Waals surface area contributed by atoms with Gasteiger partial charge in [-0.2, -0.15) is 12.6 Å². The summed E-state index contributed by atoms with van der Waals surface area (Å²) < 4.78 is 0. The second-order valence-electron chi connectivity index (χ2n) is 4.35. The molecule has 1 unspecified atom stereocenters. The number of hydrogen-bond donors (Lipinski definition) is 3. The van der Waals surface area contributed by atoms with E-state index in [2.05, 4.69) is 12.6 Å². The van der Waals surface area contributed by atoms with Crippen molar-refractivity contribution >= 4 is 18.5 Å². The summed E-state index contributed by atoms with van der Waals surface area (Å²) in [5.41, 5.74) is 3.71. The molecule has 1 rings (SSSR count). The number of carbonyl (C=O) groups is 1. The van der Waals surface area contributed by atoms with Crippen LogP contribution in [0.5, 0.6) is 0 Å². The third-order valence-electron chi connectivity index (χ3n) is 2.97. The number of hydrogen-bond acceptors (Lipinski definition) is 3. The number of amides is 1. The molecule has 1 aromatic carbocycles. The predicted octanol–water partition coefficient (Wildman–Crippen LogP) is 1.11. The van der Waals surface area contributed by atoms with Crippen LogP contribution < -0.4 is 5.73 Å². The molecule has 0 aliphatic heterocycles. The van der Waals surface area contributed by atoms with Gasteiger partial charge in [0.25, 0.3) is 0 Å². The molecule has 1 atom stereocenters. The van der Waals surface area contributed by atoms with Crippen LogP contribution in [-0.2, 0) is 10.2 Å². The van der Waals surface area contributed by atoms with Crippen molar-refractivity contribution in [2.45, 2.75) is 24.9 Å². The van der Waals surface area contributed by atoms with Crippen LogP contribution in [-0.4, -0.2) is 22.4 Å². The maximum atomic E-state index is 11.7. The lowest BCUT2D eigenvalue weighted by Gasteiger charge is -2.40. The van der Waals surface area contributed by atoms with Crippen molar-refractivity contribution in [3.8, 4) is 0 Å². The van der Waals surface area contributed by atoms with Gasteiger partial charge in [-0.15, -0.1) is 0 Å². The van der Waals surface area contributed by atoms with E-state index < -0.39 is 16.9 Å². The number of benzene rings is 1. The van der Waals surface area contributed by atoms with E-state index in [-0.39, 0.29) is 5.75 Å². The summed E-state index contributed by atoms with van der Waals surface area (Å²) in [7, 11) is 0. The summed E-state index contributed by atoms with van der Waals surface area (Å²) in [5, 5.41) is 10.2. The Kier molecular flexibility index (Phi) is 3.65. The van der Waals surface area contributed by atoms with Crippen molar-refractivity contribution in [2.75, 3.05) is 5.75 Å². The highest BCUT2D eigenvalue weighted by Crippen LogP contribution is 2.36. The van der Waals surface area contributed by atoms with Gasteiger partial charge in [0.1, 0.15) is 5.41 Å². The highest BCUT2D eigenvalue weighted by atomic mass is 32.1. The standard InChI is InChI=1S/C12H17NO2S/c1-11(2,15)12(8-16,10(13)14)9-6-4-3-5-7-9/h3-7,15-16H,8H2,1-2H3,(H2,13,14). The normalized spacial score (nSPS) is 15.5. The molecule has 0 saturated heterocycles. The minimum atomic E-state index is -1.26. The van der Waals surface area contributed by atoms with Gasteiger partial charge >= 0.3 is 0 Å². The fourth-order valence-corrected chi connectivity index (χ4v) is 2.61. The lowest BCUT2D eigenvalue weighted by Crippen LogP contribution is -2.57. The summed E-state index contributed by atoms with van der Waals surface area (Å²) in [6.45, 7) is 3.14. The lowest BCUT2D eigenvalue weighted by atomic mass is 9.69. The first-order chi connectivity index (χ1) is 7.36. The number of rotatable bonds is 4. The molecule has 0 radical (unpaired) electrons. The van der Waals surface area contributed by atoms with E-state index in [0.29, 0.717) is 5.56 Å². The quantitative estimate of drug-likeness (QED) is 0.689. The molecule has 1 aromatic rings. The molecule has 4 heteroatoms. The predicted molar refractivity (Wildman–Crippen MR) is 67.5 cm³/mol. The minimum Gasteiger partial charge on any atom is -0.389 e. The van der Waals surface area contributed by atoms with Gasteiger partial charge in [-0.1, -0.05) is 30.3 Å². The first-order valence-electron chi connectivity index (χ1n) is 5.05. The molecule has 1 amide bonds. The third-order valence-corrected chi connectivity index (χ3v) is 3.44. The summed E-state index contributed by atoms with van der Waals surface area (Å²) in [6, 6.07) is 9.01. The number of aliphatic hydroxyl groups is 1. The fraction of sp³-hybridized carbons (Fsp3) is 0.417. The van der Waals surface area contributed by atoms with Crippen LogP contribution >= 0.6 is 12.6 Å². The number of primary amides is 1. The fourth-order valence-electron chi connectivity index (χ4n) is 1.88. The van der Waals surface area contributed by atoms with E-state index >= 15 is 0 Å². The first kappa shape index (κ1) is 13.1. The number of carbonyl (C=O) groups excluding carboxylic acids is 1. The van der Waals surface area contributed by atoms with Crippen LogP contribution in [0.2, 0.25) is 0 Å². The molecule has 16 heavy (non-hydrogen) atoms. The van der Waals surface area contributed by atoms with Gasteiger partial charge < -0.3 is 10.8 Å². The Bertz CT molecular complexity index is 372. The maximum Gasteiger partial charge on any atom is 0.231 e. The SMILES string of the molecule is CC(C)(O)C(CS)(C(N)=O)c1ccccc1. The molecule has 0 aromatic heterocycles. The Hall–Kier alpha value is -1.00. The van der Waals surface area contributed by atoms with Crippen LogP contribution in [0, 0.1) is 0 Å². The summed E-state index contributed by atoms with van der Waals surface area (Å²) in [5.74, 6) is -0.406. The van der Waals surface area contributed by atoms with Crippen LogP contribution in [0.4, 0.5) is 0 Å². The Morgan fingerprint density at radius 2 is 1.88 bits per heavy atom. The Balaban J connectivity index is 3.42. The van der Waals surface area contributed by atoms with E-state index in [1.807, 2.05) is 18.2 Å². The smallest absolute Gasteiger partial charge is 0.231 e. The molecule has 0 heterocycles. The summed E-state index contributed by atoms with van der Waals surface area (Å²) in [6.07, 6.45) is 0. The average Bonchev–Trinajstić information content (AvgIpc) is 2.18. The maximum absolute atomic E-state index is 11.7. The van der Waals surface area contributed by atoms with Gasteiger partial charge in [0.15, 0.2) is 0 Å². The van der Waals surface area contributed by atoms with Crippen molar-refractivity contribution < 1.29 is 9.90 Å². The van der Waals surface area contributed by atoms with Crippen molar-refractivity contribution in [2.24, 2.45) is 5.73 Å². The largest absolute Gasteiger partial charge is 0.389 e. The highest BCUT2D eigenvalue weighted by Gasteiger charge is 2.49. The third kappa shape index (κ3) is 1.95. The number of nitrogens with two attached hydrogens (primary N) is 1. The first-order valence-corrected chi connectivity index (χ1v) is 5.68. The van der Waals surface area contributed by atoms with Gasteiger partial charge in [0.2, 0.25) is 5.91 Å². The zero-order valence-electron chi connectivity index (χ0n) is 9.47. The molecule has 0 aliphatic carbocycles. The molecule has 0 fully saturated rings. The van der Waals surface area contributed by atoms with Crippen molar-refractivity contribution in [3.63, 3.8) is 0 Å². The second-order valence-corrected chi connectivity index (χ2v) is 4.67. The molecular formula is C12H17NO2S. The molecule has 0 saturated carbocycles. The van der Waals surface area contributed by atoms with Crippen molar-refractivity contribution in [3.05, 3.63) is 35.9 Å². The Labute approximate surface area is 101 Å². The lowest BCUT2D eigenvalue weighted by molar-refractivity contribution is -0.131. The minimum absolute atomic E-state index is 0.163. The van der Waals surface area contributed by atoms with E-state index in [9.17, 15) is 9.90 Å². The van der Waals surface area contributed by atoms with Gasteiger partial charge in [0, 0.05) is 5.75 Å². The zero-order chi connectivity index (χ0) is 12.4. The molecule has 0 aliphatic rings. The van der Waals surface area contributed by atoms with Gasteiger partial charge in [-0.3, -0.25) is 4.79 Å². The van der Waals surface area contributed by atoms with Crippen molar-refractivity contribution in [1.29, 1.82) is 0 Å². The molecule has 88 valence electrons. The Morgan fingerprint density at radius 1 is 1.38 bits per heavy atom. The van der Waals surface area contributed by atoms with E-state index in [1.165, 1.54) is 0 Å². The van der Waals surface area contributed by atoms with Crippen molar-refractivity contribution in [1.82, 2.24) is 0 Å². The average molecular weight is 239 g/mol. The number of thiol groups is 1. The summed E-state index contributed by atoms with van der Waals surface area (Å²) >= 11 is 4.18. The monoisotopic (exact) mass is 239 g/mol. The molecule has 3 N–H and O–H groups in total. The molecular weight excluding hydrogens is 222 g/mol. The topological polar surface area (TPSA) is 63.3 Å². The second kappa shape index (κ2) is 4.47. The van der Waals surface area contributed by atoms with Gasteiger partial charge in [0.05, 0.1) is 5.60 Å². The molecule has 3 nitrogen and oxygen atoms in total. The molecule has 0 spiro atoms. The van der Waals surface area contributed by atoms with Crippen LogP contribution in [0.15, 0.2) is 30.3 Å². The van der Waals surface area contributed by atoms with Gasteiger partial charge in [-0.25, -0.2) is 0 Å². The van der Waals surface area contributed by atoms with Crippen LogP contribution in [0.3, 0.4) is 0 Å². The zero-order valence-corrected chi connectivity index (χ0v) is 10.4. The highest BCUT2D eigenvalue weighted by molar-refractivity contribution is 7.80. The van der Waals surface area contributed by atoms with Crippen LogP contribution in [0.1, 0.15) is 19.4 Å². The van der Waals surface area contributed by atoms with E-state index in [1.54, 1.807) is 26.0 Å². The van der Waals surface area contributed by atoms with E-state index in [0.717, 1.165) is 0 Å². The van der Waals surface area contributed by atoms with Crippen LogP contribution in [0.25, 0.3) is 0 Å². The van der Waals surface area contributed by atoms with E-state index in [4.69, 9.17) is 5.73 Å².